The first kappa shape index (κ1) is 9.09. The van der Waals surface area contributed by atoms with Crippen LogP contribution in [0.2, 0.25) is 0 Å². The highest BCUT2D eigenvalue weighted by atomic mass is 35.5. The predicted octanol–water partition coefficient (Wildman–Crippen LogP) is 0.138. The number of carboxylic acid groups (broad SMARTS) is 1. The van der Waals surface area contributed by atoms with Gasteiger partial charge in [0, 0.05) is 12.1 Å². The fourth-order valence-corrected chi connectivity index (χ4v) is 1.31. The number of aliphatic carboxylic acids is 1. The van der Waals surface area contributed by atoms with Crippen molar-refractivity contribution in [1.29, 1.82) is 0 Å². The van der Waals surface area contributed by atoms with Gasteiger partial charge in [0.05, 0.1) is 5.57 Å². The molecular weight excluding hydrogens is 180 g/mol. The third kappa shape index (κ3) is 1.99. The first-order chi connectivity index (χ1) is 5.41. The third-order valence-electron chi connectivity index (χ3n) is 1.46. The summed E-state index contributed by atoms with van der Waals surface area (Å²) in [7, 11) is 0. The molecule has 4 nitrogen and oxygen atoms in total. The molecule has 0 saturated carbocycles. The maximum atomic E-state index is 10.5. The van der Waals surface area contributed by atoms with Crippen LogP contribution < -0.4 is 11.5 Å². The van der Waals surface area contributed by atoms with Crippen LogP contribution >= 0.6 is 11.6 Å². The summed E-state index contributed by atoms with van der Waals surface area (Å²) in [4.78, 5) is 9.34. The van der Waals surface area contributed by atoms with Crippen molar-refractivity contribution in [2.24, 2.45) is 11.5 Å². The first-order valence-corrected chi connectivity index (χ1v) is 3.68. The van der Waals surface area contributed by atoms with E-state index in [-0.39, 0.29) is 12.0 Å². The summed E-state index contributed by atoms with van der Waals surface area (Å²) in [5.41, 5.74) is 11.4. The average Bonchev–Trinajstić information content (AvgIpc) is 1.82. The van der Waals surface area contributed by atoms with Gasteiger partial charge in [-0.3, -0.25) is 0 Å². The van der Waals surface area contributed by atoms with Gasteiger partial charge in [0.2, 0.25) is 0 Å². The highest BCUT2D eigenvalue weighted by Crippen LogP contribution is 2.25. The summed E-state index contributed by atoms with van der Waals surface area (Å²) in [6.07, 6.45) is 2.91. The number of hydrogen-bond acceptors (Lipinski definition) is 3. The lowest BCUT2D eigenvalue weighted by Crippen LogP contribution is -2.35. The largest absolute Gasteiger partial charge is 0.478 e. The molecule has 0 radical (unpaired) electrons. The average molecular weight is 189 g/mol. The Hall–Kier alpha value is -1.00. The zero-order chi connectivity index (χ0) is 9.35. The molecule has 0 aliphatic heterocycles. The topological polar surface area (TPSA) is 89.3 Å². The summed E-state index contributed by atoms with van der Waals surface area (Å²) in [5.74, 6) is -1.08. The van der Waals surface area contributed by atoms with Crippen molar-refractivity contribution in [3.63, 3.8) is 0 Å². The molecule has 0 heterocycles. The van der Waals surface area contributed by atoms with E-state index in [1.54, 1.807) is 0 Å². The molecule has 1 atom stereocenters. The van der Waals surface area contributed by atoms with Crippen LogP contribution in [0.1, 0.15) is 6.42 Å². The second kappa shape index (κ2) is 2.80. The smallest absolute Gasteiger partial charge is 0.335 e. The Labute approximate surface area is 74.5 Å². The Bertz CT molecular complexity index is 281. The summed E-state index contributed by atoms with van der Waals surface area (Å²) >= 11 is 5.72. The fourth-order valence-electron chi connectivity index (χ4n) is 1.04. The standard InChI is InChI=1S/C7H9ClN2O2/c8-7(10)2-4(6(11)12)1-5(9)3-7/h1-2H,3,9-10H2,(H,11,12). The van der Waals surface area contributed by atoms with Gasteiger partial charge in [0.15, 0.2) is 0 Å². The van der Waals surface area contributed by atoms with E-state index in [0.717, 1.165) is 0 Å². The molecule has 0 amide bonds. The molecule has 1 rings (SSSR count). The monoisotopic (exact) mass is 188 g/mol. The third-order valence-corrected chi connectivity index (χ3v) is 1.70. The van der Waals surface area contributed by atoms with Gasteiger partial charge in [-0.2, -0.15) is 0 Å². The van der Waals surface area contributed by atoms with Gasteiger partial charge < -0.3 is 16.6 Å². The molecule has 0 saturated heterocycles. The van der Waals surface area contributed by atoms with Gasteiger partial charge in [0.1, 0.15) is 5.00 Å². The van der Waals surface area contributed by atoms with E-state index in [9.17, 15) is 4.79 Å². The molecule has 66 valence electrons. The van der Waals surface area contributed by atoms with Gasteiger partial charge in [0.25, 0.3) is 0 Å². The van der Waals surface area contributed by atoms with Crippen LogP contribution in [0.4, 0.5) is 0 Å². The van der Waals surface area contributed by atoms with Gasteiger partial charge in [-0.15, -0.1) is 0 Å². The van der Waals surface area contributed by atoms with E-state index in [0.29, 0.717) is 5.70 Å². The quantitative estimate of drug-likeness (QED) is 0.403. The second-order valence-corrected chi connectivity index (χ2v) is 3.43. The Balaban J connectivity index is 3.01. The maximum Gasteiger partial charge on any atom is 0.335 e. The van der Waals surface area contributed by atoms with Crippen molar-refractivity contribution >= 4 is 17.6 Å². The van der Waals surface area contributed by atoms with Crippen molar-refractivity contribution in [2.75, 3.05) is 0 Å². The molecule has 0 spiro atoms. The van der Waals surface area contributed by atoms with Crippen LogP contribution in [0.3, 0.4) is 0 Å². The minimum atomic E-state index is -1.16. The van der Waals surface area contributed by atoms with Crippen LogP contribution in [-0.2, 0) is 4.79 Å². The van der Waals surface area contributed by atoms with Crippen molar-refractivity contribution in [3.8, 4) is 0 Å². The van der Waals surface area contributed by atoms with Crippen molar-refractivity contribution in [2.45, 2.75) is 11.4 Å². The van der Waals surface area contributed by atoms with E-state index in [2.05, 4.69) is 0 Å². The molecule has 0 aromatic rings. The Morgan fingerprint density at radius 3 is 2.75 bits per heavy atom. The lowest BCUT2D eigenvalue weighted by molar-refractivity contribution is -0.132. The SMILES string of the molecule is NC1=CC(C(=O)O)=CC(N)(Cl)C1. The van der Waals surface area contributed by atoms with Gasteiger partial charge >= 0.3 is 5.97 Å². The molecule has 12 heavy (non-hydrogen) atoms. The Morgan fingerprint density at radius 2 is 2.33 bits per heavy atom. The maximum absolute atomic E-state index is 10.5. The molecule has 0 bridgehead atoms. The number of alkyl halides is 1. The van der Waals surface area contributed by atoms with Crippen molar-refractivity contribution in [3.05, 3.63) is 23.4 Å². The van der Waals surface area contributed by atoms with Crippen LogP contribution in [0.5, 0.6) is 0 Å². The normalized spacial score (nSPS) is 29.2. The summed E-state index contributed by atoms with van der Waals surface area (Å²) < 4.78 is 0. The molecule has 1 unspecified atom stereocenters. The number of rotatable bonds is 1. The predicted molar refractivity (Wildman–Crippen MR) is 45.4 cm³/mol. The van der Waals surface area contributed by atoms with Gasteiger partial charge in [-0.25, -0.2) is 4.79 Å². The van der Waals surface area contributed by atoms with Crippen LogP contribution in [0.25, 0.3) is 0 Å². The molecular formula is C7H9ClN2O2. The molecule has 0 aromatic heterocycles. The van der Waals surface area contributed by atoms with E-state index < -0.39 is 11.0 Å². The zero-order valence-electron chi connectivity index (χ0n) is 6.25. The first-order valence-electron chi connectivity index (χ1n) is 3.31. The molecule has 0 fully saturated rings. The molecule has 5 heteroatoms. The van der Waals surface area contributed by atoms with Crippen LogP contribution in [-0.4, -0.2) is 16.1 Å². The second-order valence-electron chi connectivity index (χ2n) is 2.73. The Kier molecular flexibility index (Phi) is 2.12. The van der Waals surface area contributed by atoms with E-state index in [1.807, 2.05) is 0 Å². The zero-order valence-corrected chi connectivity index (χ0v) is 7.01. The molecule has 5 N–H and O–H groups in total. The van der Waals surface area contributed by atoms with Crippen molar-refractivity contribution < 1.29 is 9.90 Å². The summed E-state index contributed by atoms with van der Waals surface area (Å²) in [5, 5.41) is 8.61. The summed E-state index contributed by atoms with van der Waals surface area (Å²) in [6.45, 7) is 0. The van der Waals surface area contributed by atoms with Crippen molar-refractivity contribution in [1.82, 2.24) is 0 Å². The highest BCUT2D eigenvalue weighted by molar-refractivity contribution is 6.25. The lowest BCUT2D eigenvalue weighted by Gasteiger charge is -2.22. The molecule has 0 aromatic carbocycles. The van der Waals surface area contributed by atoms with Gasteiger partial charge in [-0.05, 0) is 12.2 Å². The summed E-state index contributed by atoms with van der Waals surface area (Å²) in [6, 6.07) is 0. The molecule has 1 aliphatic rings. The number of hydrogen-bond donors (Lipinski definition) is 3. The number of carboxylic acids is 1. The number of carbonyl (C=O) groups is 1. The molecule has 1 aliphatic carbocycles. The van der Waals surface area contributed by atoms with E-state index >= 15 is 0 Å². The van der Waals surface area contributed by atoms with E-state index in [1.165, 1.54) is 12.2 Å². The van der Waals surface area contributed by atoms with Gasteiger partial charge in [-0.1, -0.05) is 11.6 Å². The fraction of sp³-hybridized carbons (Fsp3) is 0.286. The number of nitrogens with two attached hydrogens (primary N) is 2. The van der Waals surface area contributed by atoms with Crippen LogP contribution in [0.15, 0.2) is 23.4 Å². The Morgan fingerprint density at radius 1 is 1.75 bits per heavy atom. The minimum absolute atomic E-state index is 0.0382. The number of halogens is 1. The lowest BCUT2D eigenvalue weighted by atomic mass is 10.0. The highest BCUT2D eigenvalue weighted by Gasteiger charge is 2.25. The van der Waals surface area contributed by atoms with E-state index in [4.69, 9.17) is 28.2 Å². The minimum Gasteiger partial charge on any atom is -0.478 e. The van der Waals surface area contributed by atoms with Crippen LogP contribution in [0, 0.1) is 0 Å².